The number of ether oxygens (including phenoxy) is 2. The van der Waals surface area contributed by atoms with Crippen molar-refractivity contribution in [1.82, 2.24) is 0 Å². The third-order valence-corrected chi connectivity index (χ3v) is 2.29. The second kappa shape index (κ2) is 4.80. The van der Waals surface area contributed by atoms with Gasteiger partial charge in [-0.05, 0) is 12.8 Å². The van der Waals surface area contributed by atoms with Gasteiger partial charge in [-0.15, -0.1) is 0 Å². The van der Waals surface area contributed by atoms with Gasteiger partial charge in [0.1, 0.15) is 0 Å². The fraction of sp³-hybridized carbons (Fsp3) is 1.00. The van der Waals surface area contributed by atoms with E-state index in [-0.39, 0.29) is 0 Å². The van der Waals surface area contributed by atoms with Crippen molar-refractivity contribution in [2.75, 3.05) is 20.3 Å². The molecule has 0 bridgehead atoms. The van der Waals surface area contributed by atoms with Crippen LogP contribution in [0.15, 0.2) is 0 Å². The number of rotatable bonds is 4. The molecule has 0 unspecified atom stereocenters. The highest BCUT2D eigenvalue weighted by Crippen LogP contribution is 2.28. The van der Waals surface area contributed by atoms with Gasteiger partial charge < -0.3 is 14.6 Å². The molecule has 0 aromatic carbocycles. The summed E-state index contributed by atoms with van der Waals surface area (Å²) in [6.07, 6.45) is 4.91. The van der Waals surface area contributed by atoms with Crippen molar-refractivity contribution in [3.63, 3.8) is 0 Å². The Morgan fingerprint density at radius 2 is 1.83 bits per heavy atom. The van der Waals surface area contributed by atoms with Crippen LogP contribution in [0, 0.1) is 0 Å². The van der Waals surface area contributed by atoms with E-state index in [1.807, 2.05) is 0 Å². The standard InChI is InChI=1S/C9H18O3/c1-11-7-8-12-9(10)5-3-2-4-6-9/h10H,2-8H2,1H3. The van der Waals surface area contributed by atoms with E-state index in [2.05, 4.69) is 0 Å². The van der Waals surface area contributed by atoms with Crippen LogP contribution in [0.5, 0.6) is 0 Å². The van der Waals surface area contributed by atoms with Crippen molar-refractivity contribution in [3.8, 4) is 0 Å². The highest BCUT2D eigenvalue weighted by Gasteiger charge is 2.29. The highest BCUT2D eigenvalue weighted by molar-refractivity contribution is 4.72. The number of hydrogen-bond donors (Lipinski definition) is 1. The lowest BCUT2D eigenvalue weighted by molar-refractivity contribution is -0.224. The maximum atomic E-state index is 9.82. The van der Waals surface area contributed by atoms with Crippen molar-refractivity contribution in [2.45, 2.75) is 37.9 Å². The molecule has 0 aromatic rings. The van der Waals surface area contributed by atoms with E-state index in [1.165, 1.54) is 6.42 Å². The molecule has 72 valence electrons. The second-order valence-electron chi connectivity index (χ2n) is 3.35. The minimum Gasteiger partial charge on any atom is -0.382 e. The summed E-state index contributed by atoms with van der Waals surface area (Å²) in [6, 6.07) is 0. The molecule has 0 atom stereocenters. The molecule has 1 N–H and O–H groups in total. The first kappa shape index (κ1) is 9.96. The maximum Gasteiger partial charge on any atom is 0.165 e. The zero-order valence-corrected chi connectivity index (χ0v) is 7.71. The lowest BCUT2D eigenvalue weighted by Crippen LogP contribution is -2.35. The molecule has 1 saturated carbocycles. The van der Waals surface area contributed by atoms with E-state index >= 15 is 0 Å². The average Bonchev–Trinajstić information content (AvgIpc) is 2.06. The Balaban J connectivity index is 2.17. The Kier molecular flexibility index (Phi) is 3.98. The third-order valence-electron chi connectivity index (χ3n) is 2.29. The Morgan fingerprint density at radius 3 is 2.42 bits per heavy atom. The van der Waals surface area contributed by atoms with Crippen molar-refractivity contribution in [3.05, 3.63) is 0 Å². The molecule has 1 rings (SSSR count). The molecule has 0 heterocycles. The van der Waals surface area contributed by atoms with Gasteiger partial charge in [0.05, 0.1) is 13.2 Å². The monoisotopic (exact) mass is 174 g/mol. The normalized spacial score (nSPS) is 22.5. The SMILES string of the molecule is COCCOC1(O)CCCCC1. The summed E-state index contributed by atoms with van der Waals surface area (Å²) in [6.45, 7) is 1.05. The molecule has 3 nitrogen and oxygen atoms in total. The van der Waals surface area contributed by atoms with Gasteiger partial charge in [0, 0.05) is 20.0 Å². The predicted molar refractivity (Wildman–Crippen MR) is 45.9 cm³/mol. The molecule has 1 aliphatic carbocycles. The van der Waals surface area contributed by atoms with E-state index in [0.717, 1.165) is 25.7 Å². The predicted octanol–water partition coefficient (Wildman–Crippen LogP) is 1.30. The summed E-state index contributed by atoms with van der Waals surface area (Å²) in [5, 5.41) is 9.82. The van der Waals surface area contributed by atoms with Crippen molar-refractivity contribution in [1.29, 1.82) is 0 Å². The summed E-state index contributed by atoms with van der Waals surface area (Å²) in [7, 11) is 1.63. The van der Waals surface area contributed by atoms with Crippen LogP contribution >= 0.6 is 0 Å². The van der Waals surface area contributed by atoms with Crippen LogP contribution < -0.4 is 0 Å². The smallest absolute Gasteiger partial charge is 0.165 e. The van der Waals surface area contributed by atoms with Gasteiger partial charge in [-0.2, -0.15) is 0 Å². The first-order valence-electron chi connectivity index (χ1n) is 4.62. The number of aliphatic hydroxyl groups is 1. The molecule has 0 aromatic heterocycles. The summed E-state index contributed by atoms with van der Waals surface area (Å²) in [5.41, 5.74) is 0. The summed E-state index contributed by atoms with van der Waals surface area (Å²) >= 11 is 0. The first-order chi connectivity index (χ1) is 5.77. The summed E-state index contributed by atoms with van der Waals surface area (Å²) < 4.78 is 10.2. The zero-order valence-electron chi connectivity index (χ0n) is 7.71. The molecule has 0 saturated heterocycles. The van der Waals surface area contributed by atoms with Gasteiger partial charge in [0.2, 0.25) is 0 Å². The van der Waals surface area contributed by atoms with Gasteiger partial charge in [-0.25, -0.2) is 0 Å². The Morgan fingerprint density at radius 1 is 1.17 bits per heavy atom. The maximum absolute atomic E-state index is 9.82. The van der Waals surface area contributed by atoms with Crippen LogP contribution in [-0.4, -0.2) is 31.2 Å². The minimum absolute atomic E-state index is 0.493. The highest BCUT2D eigenvalue weighted by atomic mass is 16.6. The lowest BCUT2D eigenvalue weighted by atomic mass is 9.94. The molecule has 12 heavy (non-hydrogen) atoms. The van der Waals surface area contributed by atoms with Crippen molar-refractivity contribution < 1.29 is 14.6 Å². The largest absolute Gasteiger partial charge is 0.382 e. The average molecular weight is 174 g/mol. The molecule has 1 fully saturated rings. The van der Waals surface area contributed by atoms with Crippen LogP contribution in [0.25, 0.3) is 0 Å². The molecule has 1 aliphatic rings. The summed E-state index contributed by atoms with van der Waals surface area (Å²) in [5.74, 6) is -0.850. The second-order valence-corrected chi connectivity index (χ2v) is 3.35. The molecular formula is C9H18O3. The van der Waals surface area contributed by atoms with Crippen molar-refractivity contribution >= 4 is 0 Å². The Bertz CT molecular complexity index is 119. The van der Waals surface area contributed by atoms with Gasteiger partial charge in [0.15, 0.2) is 5.79 Å². The van der Waals surface area contributed by atoms with Crippen molar-refractivity contribution in [2.24, 2.45) is 0 Å². The van der Waals surface area contributed by atoms with E-state index in [9.17, 15) is 5.11 Å². The van der Waals surface area contributed by atoms with Crippen LogP contribution in [0.2, 0.25) is 0 Å². The number of hydrogen-bond acceptors (Lipinski definition) is 3. The van der Waals surface area contributed by atoms with Gasteiger partial charge in [-0.3, -0.25) is 0 Å². The molecule has 0 aliphatic heterocycles. The Labute approximate surface area is 73.7 Å². The fourth-order valence-corrected chi connectivity index (χ4v) is 1.56. The van der Waals surface area contributed by atoms with E-state index in [4.69, 9.17) is 9.47 Å². The molecular weight excluding hydrogens is 156 g/mol. The number of methoxy groups -OCH3 is 1. The van der Waals surface area contributed by atoms with Crippen LogP contribution in [0.1, 0.15) is 32.1 Å². The minimum atomic E-state index is -0.850. The van der Waals surface area contributed by atoms with Gasteiger partial charge in [0.25, 0.3) is 0 Å². The molecule has 0 amide bonds. The Hall–Kier alpha value is -0.120. The summed E-state index contributed by atoms with van der Waals surface area (Å²) in [4.78, 5) is 0. The van der Waals surface area contributed by atoms with Crippen LogP contribution in [0.3, 0.4) is 0 Å². The molecule has 0 radical (unpaired) electrons. The van der Waals surface area contributed by atoms with Crippen LogP contribution in [-0.2, 0) is 9.47 Å². The first-order valence-corrected chi connectivity index (χ1v) is 4.62. The van der Waals surface area contributed by atoms with E-state index < -0.39 is 5.79 Å². The van der Waals surface area contributed by atoms with Crippen LogP contribution in [0.4, 0.5) is 0 Å². The third kappa shape index (κ3) is 3.09. The fourth-order valence-electron chi connectivity index (χ4n) is 1.56. The quantitative estimate of drug-likeness (QED) is 0.516. The topological polar surface area (TPSA) is 38.7 Å². The lowest BCUT2D eigenvalue weighted by Gasteiger charge is -2.31. The zero-order chi connectivity index (χ0) is 8.86. The van der Waals surface area contributed by atoms with E-state index in [1.54, 1.807) is 7.11 Å². The van der Waals surface area contributed by atoms with Gasteiger partial charge >= 0.3 is 0 Å². The van der Waals surface area contributed by atoms with Gasteiger partial charge in [-0.1, -0.05) is 6.42 Å². The van der Waals surface area contributed by atoms with E-state index in [0.29, 0.717) is 13.2 Å². The molecule has 0 spiro atoms. The molecule has 3 heteroatoms.